The van der Waals surface area contributed by atoms with Crippen molar-refractivity contribution in [3.05, 3.63) is 0 Å². The third-order valence-electron chi connectivity index (χ3n) is 4.73. The first-order valence-electron chi connectivity index (χ1n) is 6.83. The molecule has 1 aliphatic heterocycles. The first-order chi connectivity index (χ1) is 7.89. The van der Waals surface area contributed by atoms with Gasteiger partial charge >= 0.3 is 0 Å². The molecule has 17 heavy (non-hydrogen) atoms. The van der Waals surface area contributed by atoms with Gasteiger partial charge in [-0.15, -0.1) is 0 Å². The van der Waals surface area contributed by atoms with Crippen molar-refractivity contribution in [2.24, 2.45) is 23.2 Å². The fourth-order valence-electron chi connectivity index (χ4n) is 3.40. The molecule has 0 spiro atoms. The second-order valence-electron chi connectivity index (χ2n) is 6.88. The van der Waals surface area contributed by atoms with Crippen molar-refractivity contribution in [1.82, 2.24) is 0 Å². The van der Waals surface area contributed by atoms with E-state index in [0.717, 1.165) is 19.3 Å². The second-order valence-corrected chi connectivity index (χ2v) is 6.88. The van der Waals surface area contributed by atoms with E-state index < -0.39 is 0 Å². The van der Waals surface area contributed by atoms with Crippen LogP contribution >= 0.6 is 0 Å². The van der Waals surface area contributed by atoms with Crippen molar-refractivity contribution in [3.8, 4) is 0 Å². The van der Waals surface area contributed by atoms with Crippen LogP contribution in [0, 0.1) is 23.2 Å². The molecule has 0 amide bonds. The summed E-state index contributed by atoms with van der Waals surface area (Å²) in [6.45, 7) is 7.86. The lowest BCUT2D eigenvalue weighted by Gasteiger charge is -2.42. The maximum absolute atomic E-state index is 10.2. The SMILES string of the molecule is CC(C)(C)C1CCC(O)C(C2COCC2O)C1. The third-order valence-corrected chi connectivity index (χ3v) is 4.73. The predicted octanol–water partition coefficient (Wildman–Crippen LogP) is 1.82. The second kappa shape index (κ2) is 4.87. The van der Waals surface area contributed by atoms with Crippen molar-refractivity contribution in [2.45, 2.75) is 52.2 Å². The highest BCUT2D eigenvalue weighted by molar-refractivity contribution is 4.92. The standard InChI is InChI=1S/C14H26O3/c1-14(2,3)9-4-5-12(15)10(6-9)11-7-17-8-13(11)16/h9-13,15-16H,4-8H2,1-3H3. The number of hydrogen-bond donors (Lipinski definition) is 2. The largest absolute Gasteiger partial charge is 0.393 e. The van der Waals surface area contributed by atoms with Crippen LogP contribution < -0.4 is 0 Å². The van der Waals surface area contributed by atoms with Crippen LogP contribution in [0.5, 0.6) is 0 Å². The highest BCUT2D eigenvalue weighted by atomic mass is 16.5. The highest BCUT2D eigenvalue weighted by Gasteiger charge is 2.42. The number of aliphatic hydroxyl groups excluding tert-OH is 2. The molecule has 1 saturated carbocycles. The van der Waals surface area contributed by atoms with E-state index in [0.29, 0.717) is 24.5 Å². The summed E-state index contributed by atoms with van der Waals surface area (Å²) in [6.07, 6.45) is 2.36. The van der Waals surface area contributed by atoms with Crippen LogP contribution in [0.2, 0.25) is 0 Å². The normalized spacial score (nSPS) is 43.9. The Hall–Kier alpha value is -0.120. The molecule has 2 fully saturated rings. The third kappa shape index (κ3) is 2.83. The first-order valence-corrected chi connectivity index (χ1v) is 6.83. The Morgan fingerprint density at radius 3 is 2.18 bits per heavy atom. The smallest absolute Gasteiger partial charge is 0.0827 e. The molecule has 0 aromatic rings. The van der Waals surface area contributed by atoms with E-state index in [2.05, 4.69) is 20.8 Å². The van der Waals surface area contributed by atoms with Crippen molar-refractivity contribution < 1.29 is 14.9 Å². The minimum atomic E-state index is -0.381. The van der Waals surface area contributed by atoms with E-state index in [1.54, 1.807) is 0 Å². The summed E-state index contributed by atoms with van der Waals surface area (Å²) in [5.41, 5.74) is 0.294. The van der Waals surface area contributed by atoms with Crippen LogP contribution in [0.3, 0.4) is 0 Å². The summed E-state index contributed by atoms with van der Waals surface area (Å²) in [6, 6.07) is 0. The van der Waals surface area contributed by atoms with E-state index >= 15 is 0 Å². The summed E-state index contributed by atoms with van der Waals surface area (Å²) in [4.78, 5) is 0. The predicted molar refractivity (Wildman–Crippen MR) is 66.6 cm³/mol. The molecule has 100 valence electrons. The van der Waals surface area contributed by atoms with Gasteiger partial charge < -0.3 is 14.9 Å². The quantitative estimate of drug-likeness (QED) is 0.737. The minimum absolute atomic E-state index is 0.134. The fraction of sp³-hybridized carbons (Fsp3) is 1.00. The van der Waals surface area contributed by atoms with Gasteiger partial charge in [-0.05, 0) is 36.5 Å². The van der Waals surface area contributed by atoms with Crippen molar-refractivity contribution in [2.75, 3.05) is 13.2 Å². The lowest BCUT2D eigenvalue weighted by molar-refractivity contribution is -0.0294. The molecule has 0 radical (unpaired) electrons. The van der Waals surface area contributed by atoms with E-state index in [1.165, 1.54) is 0 Å². The molecular weight excluding hydrogens is 216 g/mol. The maximum Gasteiger partial charge on any atom is 0.0827 e. The molecule has 2 rings (SSSR count). The first kappa shape index (κ1) is 13.3. The van der Waals surface area contributed by atoms with Crippen LogP contribution in [0.15, 0.2) is 0 Å². The lowest BCUT2D eigenvalue weighted by atomic mass is 9.65. The summed E-state index contributed by atoms with van der Waals surface area (Å²) in [7, 11) is 0. The molecule has 3 heteroatoms. The molecule has 1 aliphatic carbocycles. The van der Waals surface area contributed by atoms with Gasteiger partial charge in [-0.3, -0.25) is 0 Å². The van der Waals surface area contributed by atoms with E-state index in [1.807, 2.05) is 0 Å². The van der Waals surface area contributed by atoms with Gasteiger partial charge in [0.2, 0.25) is 0 Å². The molecule has 5 unspecified atom stereocenters. The zero-order chi connectivity index (χ0) is 12.6. The van der Waals surface area contributed by atoms with Gasteiger partial charge in [0.15, 0.2) is 0 Å². The Balaban J connectivity index is 2.04. The molecule has 5 atom stereocenters. The van der Waals surface area contributed by atoms with E-state index in [-0.39, 0.29) is 24.0 Å². The van der Waals surface area contributed by atoms with Gasteiger partial charge in [0.1, 0.15) is 0 Å². The Bertz CT molecular complexity index is 259. The Kier molecular flexibility index (Phi) is 3.81. The molecule has 0 bridgehead atoms. The Morgan fingerprint density at radius 2 is 1.65 bits per heavy atom. The van der Waals surface area contributed by atoms with Gasteiger partial charge in [0.05, 0.1) is 25.4 Å². The summed E-state index contributed by atoms with van der Waals surface area (Å²) in [5.74, 6) is 0.990. The van der Waals surface area contributed by atoms with Gasteiger partial charge in [-0.25, -0.2) is 0 Å². The van der Waals surface area contributed by atoms with Gasteiger partial charge in [-0.2, -0.15) is 0 Å². The molecule has 0 aromatic heterocycles. The fourth-order valence-corrected chi connectivity index (χ4v) is 3.40. The maximum atomic E-state index is 10.2. The topological polar surface area (TPSA) is 49.7 Å². The zero-order valence-corrected chi connectivity index (χ0v) is 11.2. The Labute approximate surface area is 104 Å². The number of aliphatic hydroxyl groups is 2. The van der Waals surface area contributed by atoms with Crippen molar-refractivity contribution >= 4 is 0 Å². The van der Waals surface area contributed by atoms with Crippen molar-refractivity contribution in [3.63, 3.8) is 0 Å². The lowest BCUT2D eigenvalue weighted by Crippen LogP contribution is -2.41. The number of ether oxygens (including phenoxy) is 1. The van der Waals surface area contributed by atoms with E-state index in [9.17, 15) is 10.2 Å². The number of rotatable bonds is 1. The molecular formula is C14H26O3. The molecule has 2 N–H and O–H groups in total. The minimum Gasteiger partial charge on any atom is -0.393 e. The summed E-state index contributed by atoms with van der Waals surface area (Å²) in [5, 5.41) is 20.1. The molecule has 0 aromatic carbocycles. The van der Waals surface area contributed by atoms with Crippen molar-refractivity contribution in [1.29, 1.82) is 0 Å². The van der Waals surface area contributed by atoms with Crippen LogP contribution in [-0.4, -0.2) is 35.6 Å². The van der Waals surface area contributed by atoms with E-state index in [4.69, 9.17) is 4.74 Å². The molecule has 1 heterocycles. The molecule has 2 aliphatic rings. The average Bonchev–Trinajstić information content (AvgIpc) is 2.63. The van der Waals surface area contributed by atoms with Gasteiger partial charge in [0.25, 0.3) is 0 Å². The monoisotopic (exact) mass is 242 g/mol. The van der Waals surface area contributed by atoms with Crippen LogP contribution in [0.4, 0.5) is 0 Å². The van der Waals surface area contributed by atoms with Gasteiger partial charge in [-0.1, -0.05) is 20.8 Å². The Morgan fingerprint density at radius 1 is 0.941 bits per heavy atom. The zero-order valence-electron chi connectivity index (χ0n) is 11.2. The van der Waals surface area contributed by atoms with Gasteiger partial charge in [0, 0.05) is 5.92 Å². The molecule has 1 saturated heterocycles. The van der Waals surface area contributed by atoms with Crippen LogP contribution in [-0.2, 0) is 4.74 Å². The summed E-state index contributed by atoms with van der Waals surface area (Å²) >= 11 is 0. The summed E-state index contributed by atoms with van der Waals surface area (Å²) < 4.78 is 5.33. The number of hydrogen-bond acceptors (Lipinski definition) is 3. The average molecular weight is 242 g/mol. The van der Waals surface area contributed by atoms with Crippen LogP contribution in [0.1, 0.15) is 40.0 Å². The molecule has 3 nitrogen and oxygen atoms in total. The highest BCUT2D eigenvalue weighted by Crippen LogP contribution is 2.44. The van der Waals surface area contributed by atoms with Crippen LogP contribution in [0.25, 0.3) is 0 Å².